The van der Waals surface area contributed by atoms with E-state index in [1.165, 1.54) is 5.56 Å². The number of fused-ring (bicyclic) bond motifs is 1. The van der Waals surface area contributed by atoms with Gasteiger partial charge in [-0.15, -0.1) is 0 Å². The summed E-state index contributed by atoms with van der Waals surface area (Å²) in [6, 6.07) is 24.3. The number of nitrogens with zero attached hydrogens (tertiary/aromatic N) is 1. The number of carbonyl (C=O) groups excluding carboxylic acids is 1. The minimum absolute atomic E-state index is 0.000257. The van der Waals surface area contributed by atoms with Crippen LogP contribution in [0.5, 0.6) is 5.75 Å². The van der Waals surface area contributed by atoms with Gasteiger partial charge in [0, 0.05) is 23.4 Å². The summed E-state index contributed by atoms with van der Waals surface area (Å²) in [7, 11) is 1.68. The topological polar surface area (TPSA) is 38.8 Å². The smallest absolute Gasteiger partial charge is 0.253 e. The lowest BCUT2D eigenvalue weighted by Crippen LogP contribution is -2.34. The maximum atomic E-state index is 12.6. The zero-order chi connectivity index (χ0) is 19.3. The summed E-state index contributed by atoms with van der Waals surface area (Å²) in [4.78, 5) is 14.5. The molecule has 0 spiro atoms. The number of ether oxygens (including phenoxy) is 2. The zero-order valence-electron chi connectivity index (χ0n) is 15.9. The molecule has 0 saturated carbocycles. The number of carbonyl (C=O) groups is 1. The third-order valence-electron chi connectivity index (χ3n) is 5.04. The van der Waals surface area contributed by atoms with Gasteiger partial charge in [0.25, 0.3) is 5.91 Å². The molecule has 0 N–H and O–H groups in total. The highest BCUT2D eigenvalue weighted by molar-refractivity contribution is 5.96. The minimum Gasteiger partial charge on any atom is -0.496 e. The molecule has 0 aliphatic carbocycles. The highest BCUT2D eigenvalue weighted by Crippen LogP contribution is 2.34. The van der Waals surface area contributed by atoms with Crippen molar-refractivity contribution in [3.8, 4) is 16.9 Å². The highest BCUT2D eigenvalue weighted by atomic mass is 16.5. The van der Waals surface area contributed by atoms with E-state index in [9.17, 15) is 4.79 Å². The fraction of sp³-hybridized carbons (Fsp3) is 0.208. The van der Waals surface area contributed by atoms with Crippen molar-refractivity contribution in [1.82, 2.24) is 0 Å². The van der Waals surface area contributed by atoms with Crippen LogP contribution < -0.4 is 9.64 Å². The van der Waals surface area contributed by atoms with Crippen LogP contribution >= 0.6 is 0 Å². The maximum absolute atomic E-state index is 12.6. The molecule has 0 fully saturated rings. The fourth-order valence-corrected chi connectivity index (χ4v) is 3.61. The monoisotopic (exact) mass is 373 g/mol. The van der Waals surface area contributed by atoms with Crippen LogP contribution in [0.2, 0.25) is 0 Å². The predicted octanol–water partition coefficient (Wildman–Crippen LogP) is 4.47. The minimum atomic E-state index is -0.000257. The zero-order valence-corrected chi connectivity index (χ0v) is 15.9. The summed E-state index contributed by atoms with van der Waals surface area (Å²) in [5.41, 5.74) is 5.24. The molecule has 3 aromatic carbocycles. The second-order valence-electron chi connectivity index (χ2n) is 6.82. The van der Waals surface area contributed by atoms with Gasteiger partial charge in [-0.3, -0.25) is 4.79 Å². The Labute approximate surface area is 165 Å². The van der Waals surface area contributed by atoms with Gasteiger partial charge < -0.3 is 14.4 Å². The van der Waals surface area contributed by atoms with E-state index in [2.05, 4.69) is 18.2 Å². The summed E-state index contributed by atoms with van der Waals surface area (Å²) < 4.78 is 11.1. The second-order valence-corrected chi connectivity index (χ2v) is 6.82. The van der Waals surface area contributed by atoms with E-state index in [-0.39, 0.29) is 12.5 Å². The lowest BCUT2D eigenvalue weighted by Gasteiger charge is -2.23. The number of hydrogen-bond donors (Lipinski definition) is 0. The van der Waals surface area contributed by atoms with Gasteiger partial charge in [-0.05, 0) is 35.7 Å². The molecule has 4 nitrogen and oxygen atoms in total. The quantitative estimate of drug-likeness (QED) is 0.662. The standard InChI is InChI=1S/C24H23NO3/c1-27-23-10-6-5-9-21(23)19-11-12-22-20(15-19)16-28-17-24(26)25(22)14-13-18-7-3-2-4-8-18/h2-12,15H,13-14,16-17H2,1H3. The lowest BCUT2D eigenvalue weighted by molar-refractivity contribution is -0.123. The van der Waals surface area contributed by atoms with Gasteiger partial charge in [0.05, 0.1) is 13.7 Å². The molecule has 0 saturated heterocycles. The van der Waals surface area contributed by atoms with Crippen LogP contribution in [0.4, 0.5) is 5.69 Å². The number of amides is 1. The molecule has 4 heteroatoms. The molecular weight excluding hydrogens is 350 g/mol. The Morgan fingerprint density at radius 1 is 0.964 bits per heavy atom. The Morgan fingerprint density at radius 2 is 1.75 bits per heavy atom. The molecule has 28 heavy (non-hydrogen) atoms. The van der Waals surface area contributed by atoms with Crippen molar-refractivity contribution in [1.29, 1.82) is 0 Å². The SMILES string of the molecule is COc1ccccc1-c1ccc2c(c1)COCC(=O)N2CCc1ccccc1. The van der Waals surface area contributed by atoms with Crippen LogP contribution in [0.25, 0.3) is 11.1 Å². The number of methoxy groups -OCH3 is 1. The first kappa shape index (κ1) is 18.3. The van der Waals surface area contributed by atoms with Crippen LogP contribution in [0.1, 0.15) is 11.1 Å². The molecule has 1 aliphatic rings. The summed E-state index contributed by atoms with van der Waals surface area (Å²) >= 11 is 0. The number of para-hydroxylation sites is 1. The Hall–Kier alpha value is -3.11. The van der Waals surface area contributed by atoms with Gasteiger partial charge in [0.2, 0.25) is 0 Å². The Kier molecular flexibility index (Phi) is 5.40. The van der Waals surface area contributed by atoms with E-state index in [0.717, 1.165) is 34.5 Å². The third kappa shape index (κ3) is 3.78. The number of hydrogen-bond acceptors (Lipinski definition) is 3. The van der Waals surface area contributed by atoms with Crippen molar-refractivity contribution in [2.45, 2.75) is 13.0 Å². The second kappa shape index (κ2) is 8.28. The Bertz CT molecular complexity index is 969. The predicted molar refractivity (Wildman–Crippen MR) is 111 cm³/mol. The van der Waals surface area contributed by atoms with Gasteiger partial charge in [0.15, 0.2) is 0 Å². The van der Waals surface area contributed by atoms with E-state index in [4.69, 9.17) is 9.47 Å². The summed E-state index contributed by atoms with van der Waals surface area (Å²) in [5, 5.41) is 0. The first-order valence-corrected chi connectivity index (χ1v) is 9.44. The molecule has 4 rings (SSSR count). The van der Waals surface area contributed by atoms with Crippen molar-refractivity contribution >= 4 is 11.6 Å². The highest BCUT2D eigenvalue weighted by Gasteiger charge is 2.23. The molecule has 1 aliphatic heterocycles. The molecule has 0 radical (unpaired) electrons. The van der Waals surface area contributed by atoms with Gasteiger partial charge in [-0.25, -0.2) is 0 Å². The Balaban J connectivity index is 1.65. The van der Waals surface area contributed by atoms with E-state index >= 15 is 0 Å². The third-order valence-corrected chi connectivity index (χ3v) is 5.04. The first-order chi connectivity index (χ1) is 13.8. The molecule has 1 amide bonds. The average Bonchev–Trinajstić information content (AvgIpc) is 2.90. The van der Waals surface area contributed by atoms with Gasteiger partial charge in [0.1, 0.15) is 12.4 Å². The maximum Gasteiger partial charge on any atom is 0.253 e. The molecule has 0 bridgehead atoms. The fourth-order valence-electron chi connectivity index (χ4n) is 3.61. The van der Waals surface area contributed by atoms with Crippen molar-refractivity contribution in [2.75, 3.05) is 25.2 Å². The molecule has 0 unspecified atom stereocenters. The number of anilines is 1. The normalized spacial score (nSPS) is 13.8. The van der Waals surface area contributed by atoms with Gasteiger partial charge in [-0.2, -0.15) is 0 Å². The summed E-state index contributed by atoms with van der Waals surface area (Å²) in [6.07, 6.45) is 0.806. The van der Waals surface area contributed by atoms with E-state index in [0.29, 0.717) is 13.2 Å². The van der Waals surface area contributed by atoms with E-state index in [1.54, 1.807) is 7.11 Å². The molecule has 142 valence electrons. The van der Waals surface area contributed by atoms with E-state index < -0.39 is 0 Å². The first-order valence-electron chi connectivity index (χ1n) is 9.44. The van der Waals surface area contributed by atoms with Crippen molar-refractivity contribution in [3.63, 3.8) is 0 Å². The Morgan fingerprint density at radius 3 is 2.57 bits per heavy atom. The number of benzene rings is 3. The van der Waals surface area contributed by atoms with Crippen LogP contribution in [-0.4, -0.2) is 26.2 Å². The molecule has 1 heterocycles. The van der Waals surface area contributed by atoms with E-state index in [1.807, 2.05) is 59.5 Å². The molecule has 3 aromatic rings. The largest absolute Gasteiger partial charge is 0.496 e. The summed E-state index contributed by atoms with van der Waals surface area (Å²) in [5.74, 6) is 0.828. The van der Waals surface area contributed by atoms with Crippen molar-refractivity contribution in [3.05, 3.63) is 83.9 Å². The van der Waals surface area contributed by atoms with Gasteiger partial charge in [-0.1, -0.05) is 54.6 Å². The molecule has 0 atom stereocenters. The van der Waals surface area contributed by atoms with Crippen molar-refractivity contribution in [2.24, 2.45) is 0 Å². The summed E-state index contributed by atoms with van der Waals surface area (Å²) in [6.45, 7) is 1.16. The van der Waals surface area contributed by atoms with Crippen LogP contribution in [0.3, 0.4) is 0 Å². The molecule has 0 aromatic heterocycles. The van der Waals surface area contributed by atoms with Crippen molar-refractivity contribution < 1.29 is 14.3 Å². The average molecular weight is 373 g/mol. The van der Waals surface area contributed by atoms with Crippen LogP contribution in [0, 0.1) is 0 Å². The molecular formula is C24H23NO3. The van der Waals surface area contributed by atoms with Crippen LogP contribution in [-0.2, 0) is 22.6 Å². The lowest BCUT2D eigenvalue weighted by atomic mass is 10.0. The number of rotatable bonds is 5. The van der Waals surface area contributed by atoms with Gasteiger partial charge >= 0.3 is 0 Å². The van der Waals surface area contributed by atoms with Crippen LogP contribution in [0.15, 0.2) is 72.8 Å².